The summed E-state index contributed by atoms with van der Waals surface area (Å²) in [6, 6.07) is 11.2. The molecule has 3 aromatic rings. The van der Waals surface area contributed by atoms with Crippen LogP contribution in [0.5, 0.6) is 0 Å². The van der Waals surface area contributed by atoms with Crippen molar-refractivity contribution in [3.63, 3.8) is 0 Å². The van der Waals surface area contributed by atoms with Crippen LogP contribution in [0.3, 0.4) is 0 Å². The summed E-state index contributed by atoms with van der Waals surface area (Å²) in [5.41, 5.74) is 8.17. The van der Waals surface area contributed by atoms with Crippen LogP contribution in [0.25, 0.3) is 21.8 Å². The summed E-state index contributed by atoms with van der Waals surface area (Å²) in [5, 5.41) is 2.99. The first-order valence-corrected chi connectivity index (χ1v) is 7.41. The van der Waals surface area contributed by atoms with Crippen molar-refractivity contribution in [3.05, 3.63) is 51.8 Å². The van der Waals surface area contributed by atoms with Crippen LogP contribution in [-0.2, 0) is 0 Å². The quantitative estimate of drug-likeness (QED) is 0.740. The van der Waals surface area contributed by atoms with Gasteiger partial charge in [-0.05, 0) is 29.6 Å². The molecular weight excluding hydrogens is 313 g/mol. The Labute approximate surface area is 130 Å². The Hall–Kier alpha value is -1.62. The fraction of sp³-hybridized carbons (Fsp3) is 0. The summed E-state index contributed by atoms with van der Waals surface area (Å²) in [7, 11) is 0. The predicted octanol–water partition coefficient (Wildman–Crippen LogP) is 4.76. The Morgan fingerprint density at radius 2 is 1.75 bits per heavy atom. The van der Waals surface area contributed by atoms with Gasteiger partial charge in [0, 0.05) is 5.56 Å². The van der Waals surface area contributed by atoms with Gasteiger partial charge in [-0.2, -0.15) is 0 Å². The molecule has 2 aromatic heterocycles. The minimum absolute atomic E-state index is 0.233. The smallest absolute Gasteiger partial charge is 0.221 e. The average Bonchev–Trinajstić information content (AvgIpc) is 2.95. The highest BCUT2D eigenvalue weighted by Gasteiger charge is 2.09. The van der Waals surface area contributed by atoms with Crippen LogP contribution in [-0.4, -0.2) is 9.97 Å². The molecule has 0 aliphatic rings. The first kappa shape index (κ1) is 13.4. The van der Waals surface area contributed by atoms with Crippen molar-refractivity contribution in [2.75, 3.05) is 5.73 Å². The molecule has 0 saturated heterocycles. The highest BCUT2D eigenvalue weighted by molar-refractivity contribution is 7.13. The van der Waals surface area contributed by atoms with Crippen molar-refractivity contribution >= 4 is 40.5 Å². The van der Waals surface area contributed by atoms with Gasteiger partial charge in [-0.3, -0.25) is 0 Å². The van der Waals surface area contributed by atoms with Crippen molar-refractivity contribution in [1.29, 1.82) is 0 Å². The summed E-state index contributed by atoms with van der Waals surface area (Å²) in [6.07, 6.45) is 0. The number of thiophene rings is 1. The first-order valence-electron chi connectivity index (χ1n) is 5.77. The fourth-order valence-corrected chi connectivity index (χ4v) is 2.80. The number of aromatic nitrogens is 2. The second-order valence-corrected chi connectivity index (χ2v) is 5.86. The molecule has 1 aromatic carbocycles. The van der Waals surface area contributed by atoms with Crippen molar-refractivity contribution in [2.24, 2.45) is 0 Å². The Morgan fingerprint density at radius 3 is 2.45 bits per heavy atom. The van der Waals surface area contributed by atoms with Crippen LogP contribution in [0.4, 0.5) is 5.95 Å². The zero-order valence-corrected chi connectivity index (χ0v) is 12.5. The maximum absolute atomic E-state index is 6.04. The van der Waals surface area contributed by atoms with Crippen LogP contribution in [0.1, 0.15) is 0 Å². The molecule has 0 bridgehead atoms. The lowest BCUT2D eigenvalue weighted by atomic mass is 10.1. The molecule has 0 radical (unpaired) electrons. The molecule has 0 saturated carbocycles. The van der Waals surface area contributed by atoms with E-state index in [9.17, 15) is 0 Å². The predicted molar refractivity (Wildman–Crippen MR) is 85.2 cm³/mol. The normalized spacial score (nSPS) is 10.7. The third-order valence-electron chi connectivity index (χ3n) is 2.73. The second-order valence-electron chi connectivity index (χ2n) is 4.10. The number of nitrogens with two attached hydrogens (primary N) is 1. The van der Waals surface area contributed by atoms with Crippen LogP contribution in [0, 0.1) is 0 Å². The summed E-state index contributed by atoms with van der Waals surface area (Å²) < 4.78 is 0. The number of nitrogen functional groups attached to an aromatic ring is 1. The van der Waals surface area contributed by atoms with Crippen LogP contribution < -0.4 is 5.73 Å². The third-order valence-corrected chi connectivity index (χ3v) is 4.36. The number of hydrogen-bond acceptors (Lipinski definition) is 4. The van der Waals surface area contributed by atoms with E-state index in [4.69, 9.17) is 28.9 Å². The van der Waals surface area contributed by atoms with Crippen molar-refractivity contribution in [1.82, 2.24) is 9.97 Å². The largest absolute Gasteiger partial charge is 0.368 e. The Balaban J connectivity index is 2.12. The fourth-order valence-electron chi connectivity index (χ4n) is 1.82. The van der Waals surface area contributed by atoms with E-state index in [0.717, 1.165) is 21.8 Å². The molecule has 20 heavy (non-hydrogen) atoms. The van der Waals surface area contributed by atoms with Crippen LogP contribution >= 0.6 is 34.5 Å². The van der Waals surface area contributed by atoms with Gasteiger partial charge in [-0.15, -0.1) is 11.3 Å². The number of benzene rings is 1. The molecule has 6 heteroatoms. The van der Waals surface area contributed by atoms with Gasteiger partial charge in [0.15, 0.2) is 0 Å². The standard InChI is InChI=1S/C14H9Cl2N3S/c15-9-4-3-8(6-10(9)16)11-7-12(19-14(17)18-11)13-2-1-5-20-13/h1-7H,(H2,17,18,19). The van der Waals surface area contributed by atoms with Gasteiger partial charge >= 0.3 is 0 Å². The summed E-state index contributed by atoms with van der Waals surface area (Å²) in [6.45, 7) is 0. The highest BCUT2D eigenvalue weighted by Crippen LogP contribution is 2.30. The lowest BCUT2D eigenvalue weighted by Gasteiger charge is -2.06. The summed E-state index contributed by atoms with van der Waals surface area (Å²) >= 11 is 13.6. The first-order chi connectivity index (χ1) is 9.63. The second kappa shape index (κ2) is 5.40. The molecular formula is C14H9Cl2N3S. The van der Waals surface area contributed by atoms with Gasteiger partial charge in [0.05, 0.1) is 26.3 Å². The summed E-state index contributed by atoms with van der Waals surface area (Å²) in [4.78, 5) is 9.56. The van der Waals surface area contributed by atoms with Crippen molar-refractivity contribution in [2.45, 2.75) is 0 Å². The zero-order chi connectivity index (χ0) is 14.1. The topological polar surface area (TPSA) is 51.8 Å². The molecule has 0 spiro atoms. The Bertz CT molecular complexity index is 757. The number of hydrogen-bond donors (Lipinski definition) is 1. The van der Waals surface area contributed by atoms with Crippen molar-refractivity contribution < 1.29 is 0 Å². The van der Waals surface area contributed by atoms with E-state index >= 15 is 0 Å². The van der Waals surface area contributed by atoms with E-state index in [1.54, 1.807) is 23.5 Å². The van der Waals surface area contributed by atoms with Gasteiger partial charge in [-0.25, -0.2) is 9.97 Å². The van der Waals surface area contributed by atoms with Crippen LogP contribution in [0.15, 0.2) is 41.8 Å². The molecule has 0 aliphatic heterocycles. The number of anilines is 1. The third kappa shape index (κ3) is 2.63. The van der Waals surface area contributed by atoms with Crippen LogP contribution in [0.2, 0.25) is 10.0 Å². The molecule has 0 unspecified atom stereocenters. The molecule has 3 rings (SSSR count). The molecule has 2 heterocycles. The lowest BCUT2D eigenvalue weighted by molar-refractivity contribution is 1.20. The molecule has 0 fully saturated rings. The van der Waals surface area contributed by atoms with E-state index in [0.29, 0.717) is 10.0 Å². The minimum atomic E-state index is 0.233. The van der Waals surface area contributed by atoms with E-state index in [2.05, 4.69) is 9.97 Å². The SMILES string of the molecule is Nc1nc(-c2ccc(Cl)c(Cl)c2)cc(-c2cccs2)n1. The molecule has 3 nitrogen and oxygen atoms in total. The van der Waals surface area contributed by atoms with E-state index in [1.807, 2.05) is 29.6 Å². The van der Waals surface area contributed by atoms with Crippen molar-refractivity contribution in [3.8, 4) is 21.8 Å². The number of rotatable bonds is 2. The molecule has 100 valence electrons. The maximum atomic E-state index is 6.04. The Morgan fingerprint density at radius 1 is 0.950 bits per heavy atom. The summed E-state index contributed by atoms with van der Waals surface area (Å²) in [5.74, 6) is 0.233. The number of nitrogens with zero attached hydrogens (tertiary/aromatic N) is 2. The van der Waals surface area contributed by atoms with Gasteiger partial charge in [0.1, 0.15) is 0 Å². The van der Waals surface area contributed by atoms with E-state index in [1.165, 1.54) is 0 Å². The lowest BCUT2D eigenvalue weighted by Crippen LogP contribution is -1.98. The molecule has 0 atom stereocenters. The molecule has 2 N–H and O–H groups in total. The van der Waals surface area contributed by atoms with E-state index < -0.39 is 0 Å². The minimum Gasteiger partial charge on any atom is -0.368 e. The van der Waals surface area contributed by atoms with Gasteiger partial charge in [0.2, 0.25) is 5.95 Å². The van der Waals surface area contributed by atoms with E-state index in [-0.39, 0.29) is 5.95 Å². The van der Waals surface area contributed by atoms with Gasteiger partial charge in [-0.1, -0.05) is 35.3 Å². The maximum Gasteiger partial charge on any atom is 0.221 e. The monoisotopic (exact) mass is 321 g/mol. The highest BCUT2D eigenvalue weighted by atomic mass is 35.5. The average molecular weight is 322 g/mol. The molecule has 0 amide bonds. The Kier molecular flexibility index (Phi) is 3.61. The van der Waals surface area contributed by atoms with Gasteiger partial charge < -0.3 is 5.73 Å². The zero-order valence-electron chi connectivity index (χ0n) is 10.2. The number of halogens is 2. The van der Waals surface area contributed by atoms with Gasteiger partial charge in [0.25, 0.3) is 0 Å². The molecule has 0 aliphatic carbocycles.